The zero-order valence-corrected chi connectivity index (χ0v) is 39.7. The van der Waals surface area contributed by atoms with Crippen LogP contribution in [0.25, 0.3) is 0 Å². The van der Waals surface area contributed by atoms with Crippen LogP contribution < -0.4 is 0 Å². The average Bonchev–Trinajstić information content (AvgIpc) is 4.01. The Kier molecular flexibility index (Phi) is 14.8. The van der Waals surface area contributed by atoms with Crippen molar-refractivity contribution >= 4 is 54.8 Å². The number of Topliss-reactive ketones (excluding diaryl/α,β-unsaturated/α-hetero) is 1. The average molecular weight is 903 g/mol. The van der Waals surface area contributed by atoms with Gasteiger partial charge in [-0.15, -0.1) is 13.2 Å². The molecule has 2 saturated heterocycles. The van der Waals surface area contributed by atoms with E-state index in [1.54, 1.807) is 6.08 Å². The predicted molar refractivity (Wildman–Crippen MR) is 243 cm³/mol. The van der Waals surface area contributed by atoms with E-state index in [1.165, 1.54) is 26.6 Å². The predicted octanol–water partition coefficient (Wildman–Crippen LogP) is 7.86. The molecule has 2 spiro atoms. The van der Waals surface area contributed by atoms with E-state index in [9.17, 15) is 20.1 Å². The standard InChI is InChI=1S/C22H36O4.C22H34O4.CH4.S5/c2*1-6-19(4)13-16(23)20(5)14(2)7-8-21(15(3)17(19)24)9-10-22(18(20)21)25-11-12-26-22;;1-3-5-4-2/h6,14-18,23-24H,1,7-13H2,2-5H3;6,14-15,17-18,24H,1,7-13H2,2-5H3;1H4;/t14-,15+,16-,17+,18?,19+,20+,21-;14-,15+,17+,18?,19+,20+,21-;;/m11../s1. The van der Waals surface area contributed by atoms with Crippen LogP contribution in [0.5, 0.6) is 0 Å². The smallest absolute Gasteiger partial charge is 0.172 e. The van der Waals surface area contributed by atoms with E-state index < -0.39 is 46.1 Å². The first kappa shape index (κ1) is 49.0. The lowest BCUT2D eigenvalue weighted by Gasteiger charge is -2.63. The molecule has 2 aliphatic heterocycles. The van der Waals surface area contributed by atoms with Crippen molar-refractivity contribution in [3.05, 3.63) is 25.3 Å². The van der Waals surface area contributed by atoms with E-state index in [4.69, 9.17) is 18.9 Å². The van der Waals surface area contributed by atoms with Crippen LogP contribution in [0.2, 0.25) is 0 Å². The third-order valence-electron chi connectivity index (χ3n) is 18.4. The topological polar surface area (TPSA) is 115 Å². The van der Waals surface area contributed by atoms with Crippen LogP contribution in [0.3, 0.4) is 0 Å². The quantitative estimate of drug-likeness (QED) is 0.237. The lowest BCUT2D eigenvalue weighted by molar-refractivity contribution is -0.281. The van der Waals surface area contributed by atoms with Gasteiger partial charge in [0.05, 0.1) is 44.7 Å². The molecule has 8 aliphatic rings. The molecule has 2 unspecified atom stereocenters. The van der Waals surface area contributed by atoms with Gasteiger partial charge in [-0.25, -0.2) is 0 Å². The number of carbonyl (C=O) groups excluding carboxylic acids is 1. The molecular formula is C45H74O8S5. The fourth-order valence-electron chi connectivity index (χ4n) is 14.6. The van der Waals surface area contributed by atoms with Gasteiger partial charge < -0.3 is 34.3 Å². The summed E-state index contributed by atoms with van der Waals surface area (Å²) in [5, 5.41) is 34.3. The second-order valence-corrected chi connectivity index (χ2v) is 25.6. The van der Waals surface area contributed by atoms with Gasteiger partial charge in [-0.2, -0.15) is 0 Å². The molecular weight excluding hydrogens is 829 g/mol. The van der Waals surface area contributed by atoms with Crippen molar-refractivity contribution in [2.24, 2.45) is 68.0 Å². The Hall–Kier alpha value is -0.0300. The molecule has 6 aliphatic carbocycles. The van der Waals surface area contributed by atoms with E-state index in [0.29, 0.717) is 45.2 Å². The molecule has 6 saturated carbocycles. The van der Waals surface area contributed by atoms with Crippen molar-refractivity contribution in [3.63, 3.8) is 0 Å². The highest BCUT2D eigenvalue weighted by atomic mass is 33.3. The number of aliphatic hydroxyl groups excluding tert-OH is 3. The van der Waals surface area contributed by atoms with Gasteiger partial charge in [-0.05, 0) is 79.4 Å². The Labute approximate surface area is 368 Å². The van der Waals surface area contributed by atoms with Crippen LogP contribution >= 0.6 is 0 Å². The molecule has 2 heterocycles. The molecule has 13 heteroatoms. The van der Waals surface area contributed by atoms with Crippen LogP contribution in [0.1, 0.15) is 127 Å². The number of carbonyl (C=O) groups is 1. The maximum Gasteiger partial charge on any atom is 0.172 e. The maximum absolute atomic E-state index is 13.7. The van der Waals surface area contributed by atoms with Gasteiger partial charge in [0, 0.05) is 102 Å². The van der Waals surface area contributed by atoms with E-state index in [0.717, 1.165) is 51.4 Å². The van der Waals surface area contributed by atoms with Crippen LogP contribution in [0, 0.1) is 68.0 Å². The molecule has 0 aromatic rings. The van der Waals surface area contributed by atoms with Crippen molar-refractivity contribution in [1.29, 1.82) is 0 Å². The highest BCUT2D eigenvalue weighted by molar-refractivity contribution is 8.59. The molecule has 332 valence electrons. The zero-order chi connectivity index (χ0) is 42.0. The first-order chi connectivity index (χ1) is 26.7. The molecule has 0 amide bonds. The molecule has 8 fully saturated rings. The number of hydrogen-bond donors (Lipinski definition) is 3. The lowest BCUT2D eigenvalue weighted by Crippen LogP contribution is -2.65. The van der Waals surface area contributed by atoms with Crippen molar-refractivity contribution < 1.29 is 39.1 Å². The van der Waals surface area contributed by atoms with Crippen LogP contribution in [0.15, 0.2) is 25.3 Å². The normalized spacial score (nSPS) is 49.4. The van der Waals surface area contributed by atoms with Gasteiger partial charge >= 0.3 is 0 Å². The van der Waals surface area contributed by atoms with E-state index in [2.05, 4.69) is 84.0 Å². The largest absolute Gasteiger partial charge is 0.393 e. The first-order valence-electron chi connectivity index (χ1n) is 21.4. The van der Waals surface area contributed by atoms with Crippen molar-refractivity contribution in [2.75, 3.05) is 26.4 Å². The molecule has 15 atom stereocenters. The molecule has 4 bridgehead atoms. The Morgan fingerprint density at radius 2 is 1.10 bits per heavy atom. The Morgan fingerprint density at radius 1 is 0.672 bits per heavy atom. The molecule has 3 N–H and O–H groups in total. The summed E-state index contributed by atoms with van der Waals surface area (Å²) in [6.07, 6.45) is 10.8. The molecule has 0 aromatic carbocycles. The van der Waals surface area contributed by atoms with Gasteiger partial charge in [0.25, 0.3) is 0 Å². The summed E-state index contributed by atoms with van der Waals surface area (Å²) in [7, 11) is 3.95. The fourth-order valence-corrected chi connectivity index (χ4v) is 17.4. The van der Waals surface area contributed by atoms with Gasteiger partial charge in [0.1, 0.15) is 5.78 Å². The SMILES string of the molecule is C.C=C[C@@]1(C)CC(=O)[C@@]2(C)C3C4(CC[C@]3(CC[C@H]2C)[C@@H](C)[C@@H]1O)OCCO4.C=C[C@@]1(C)C[C@@H](O)[C@@]2(C)C3C4(CC[C@]3(CC[C@H]2C)[C@@H](C)[C@@H]1O)OCCO4.S=S=S=S=S. The van der Waals surface area contributed by atoms with Crippen molar-refractivity contribution in [3.8, 4) is 0 Å². The molecule has 58 heavy (non-hydrogen) atoms. The monoisotopic (exact) mass is 902 g/mol. The minimum atomic E-state index is -0.644. The Balaban J connectivity index is 0.000000195. The van der Waals surface area contributed by atoms with E-state index in [1.807, 2.05) is 13.0 Å². The first-order valence-corrected chi connectivity index (χ1v) is 26.7. The summed E-state index contributed by atoms with van der Waals surface area (Å²) in [6.45, 7) is 27.8. The third kappa shape index (κ3) is 7.13. The molecule has 8 nitrogen and oxygen atoms in total. The van der Waals surface area contributed by atoms with Crippen LogP contribution in [0.4, 0.5) is 0 Å². The summed E-state index contributed by atoms with van der Waals surface area (Å²) in [4.78, 5) is 13.7. The summed E-state index contributed by atoms with van der Waals surface area (Å²) in [5.41, 5.74) is -2.03. The summed E-state index contributed by atoms with van der Waals surface area (Å²) >= 11 is 8.89. The van der Waals surface area contributed by atoms with Gasteiger partial charge in [0.2, 0.25) is 0 Å². The van der Waals surface area contributed by atoms with E-state index >= 15 is 0 Å². The number of ketones is 1. The fraction of sp³-hybridized carbons (Fsp3) is 0.889. The zero-order valence-electron chi connectivity index (χ0n) is 35.6. The second kappa shape index (κ2) is 17.5. The number of aliphatic hydroxyl groups is 3. The summed E-state index contributed by atoms with van der Waals surface area (Å²) in [6, 6.07) is 0. The second-order valence-electron chi connectivity index (χ2n) is 20.3. The van der Waals surface area contributed by atoms with Gasteiger partial charge in [-0.3, -0.25) is 4.79 Å². The Bertz CT molecular complexity index is 1670. The lowest BCUT2D eigenvalue weighted by atomic mass is 9.43. The molecule has 8 rings (SSSR count). The summed E-state index contributed by atoms with van der Waals surface area (Å²) in [5.74, 6) is -0.00212. The van der Waals surface area contributed by atoms with E-state index in [-0.39, 0.29) is 59.0 Å². The minimum Gasteiger partial charge on any atom is -0.393 e. The molecule has 0 radical (unpaired) electrons. The van der Waals surface area contributed by atoms with Gasteiger partial charge in [0.15, 0.2) is 11.6 Å². The van der Waals surface area contributed by atoms with Crippen LogP contribution in [-0.4, -0.2) is 77.4 Å². The Morgan fingerprint density at radius 3 is 1.55 bits per heavy atom. The minimum absolute atomic E-state index is 0. The van der Waals surface area contributed by atoms with Gasteiger partial charge in [-0.1, -0.05) is 75.0 Å². The maximum atomic E-state index is 13.7. The number of hydrogen-bond acceptors (Lipinski definition) is 10. The molecule has 0 aromatic heterocycles. The highest BCUT2D eigenvalue weighted by Crippen LogP contribution is 2.73. The van der Waals surface area contributed by atoms with Crippen molar-refractivity contribution in [2.45, 2.75) is 157 Å². The number of ether oxygens (including phenoxy) is 4. The van der Waals surface area contributed by atoms with Crippen molar-refractivity contribution in [1.82, 2.24) is 0 Å². The summed E-state index contributed by atoms with van der Waals surface area (Å²) < 4.78 is 25.1. The number of rotatable bonds is 2. The highest BCUT2D eigenvalue weighted by Gasteiger charge is 2.75. The van der Waals surface area contributed by atoms with Crippen LogP contribution in [-0.2, 0) is 72.8 Å². The third-order valence-corrected chi connectivity index (χ3v) is 22.9.